The number of rotatable bonds is 6. The van der Waals surface area contributed by atoms with Gasteiger partial charge in [0.25, 0.3) is 0 Å². The monoisotopic (exact) mass is 238 g/mol. The molecule has 0 bridgehead atoms. The summed E-state index contributed by atoms with van der Waals surface area (Å²) in [7, 11) is 0. The first kappa shape index (κ1) is 12.6. The molecule has 1 atom stereocenters. The molecule has 2 rings (SSSR count). The lowest BCUT2D eigenvalue weighted by Crippen LogP contribution is -2.18. The van der Waals surface area contributed by atoms with Gasteiger partial charge in [0.1, 0.15) is 5.60 Å². The number of nitrogens with one attached hydrogen (secondary N) is 1. The number of hydrogen-bond acceptors (Lipinski definition) is 4. The minimum Gasteiger partial charge on any atom is -0.443 e. The van der Waals surface area contributed by atoms with Crippen molar-refractivity contribution in [2.24, 2.45) is 0 Å². The lowest BCUT2D eigenvalue weighted by Gasteiger charge is -2.19. The van der Waals surface area contributed by atoms with Gasteiger partial charge in [-0.1, -0.05) is 6.92 Å². The van der Waals surface area contributed by atoms with Crippen LogP contribution >= 0.6 is 0 Å². The number of hydrogen-bond donors (Lipinski definition) is 1. The molecular formula is C13H22N2O2. The fraction of sp³-hybridized carbons (Fsp3) is 0.769. The van der Waals surface area contributed by atoms with Gasteiger partial charge in [-0.2, -0.15) is 0 Å². The Morgan fingerprint density at radius 2 is 2.41 bits per heavy atom. The Labute approximate surface area is 103 Å². The average molecular weight is 238 g/mol. The van der Waals surface area contributed by atoms with E-state index in [4.69, 9.17) is 9.15 Å². The topological polar surface area (TPSA) is 47.3 Å². The van der Waals surface area contributed by atoms with Gasteiger partial charge in [-0.25, -0.2) is 4.98 Å². The molecule has 1 aromatic heterocycles. The van der Waals surface area contributed by atoms with E-state index < -0.39 is 0 Å². The number of ether oxygens (including phenoxy) is 1. The van der Waals surface area contributed by atoms with Crippen LogP contribution in [0.3, 0.4) is 0 Å². The first-order valence-electron chi connectivity index (χ1n) is 6.54. The van der Waals surface area contributed by atoms with E-state index in [0.29, 0.717) is 0 Å². The summed E-state index contributed by atoms with van der Waals surface area (Å²) in [5, 5.41) is 3.29. The molecule has 1 fully saturated rings. The molecule has 0 spiro atoms. The van der Waals surface area contributed by atoms with Crippen LogP contribution < -0.4 is 5.32 Å². The van der Waals surface area contributed by atoms with E-state index in [2.05, 4.69) is 24.1 Å². The van der Waals surface area contributed by atoms with E-state index in [-0.39, 0.29) is 5.60 Å². The molecule has 4 heteroatoms. The van der Waals surface area contributed by atoms with E-state index in [1.54, 1.807) is 0 Å². The summed E-state index contributed by atoms with van der Waals surface area (Å²) in [4.78, 5) is 4.33. The van der Waals surface area contributed by atoms with Crippen molar-refractivity contribution in [1.82, 2.24) is 10.3 Å². The van der Waals surface area contributed by atoms with Crippen LogP contribution in [0.25, 0.3) is 0 Å². The van der Waals surface area contributed by atoms with Crippen LogP contribution in [-0.4, -0.2) is 24.7 Å². The van der Waals surface area contributed by atoms with Crippen LogP contribution in [-0.2, 0) is 16.8 Å². The SMILES string of the molecule is CCNCCCc1ncc(C2(C)CCCO2)o1. The summed E-state index contributed by atoms with van der Waals surface area (Å²) in [6.07, 6.45) is 5.91. The third-order valence-corrected chi connectivity index (χ3v) is 3.29. The Bertz CT molecular complexity index is 343. The molecule has 0 aliphatic carbocycles. The Kier molecular flexibility index (Phi) is 4.18. The molecule has 1 aliphatic heterocycles. The van der Waals surface area contributed by atoms with Gasteiger partial charge in [0.15, 0.2) is 11.7 Å². The maximum absolute atomic E-state index is 5.79. The zero-order chi connectivity index (χ0) is 12.1. The predicted molar refractivity (Wildman–Crippen MR) is 65.9 cm³/mol. The molecule has 1 N–H and O–H groups in total. The van der Waals surface area contributed by atoms with Gasteiger partial charge in [0, 0.05) is 13.0 Å². The van der Waals surface area contributed by atoms with Gasteiger partial charge < -0.3 is 14.5 Å². The smallest absolute Gasteiger partial charge is 0.194 e. The lowest BCUT2D eigenvalue weighted by molar-refractivity contribution is -0.00165. The average Bonchev–Trinajstić information content (AvgIpc) is 2.94. The van der Waals surface area contributed by atoms with Crippen molar-refractivity contribution in [3.8, 4) is 0 Å². The minimum atomic E-state index is -0.243. The Hall–Kier alpha value is -0.870. The largest absolute Gasteiger partial charge is 0.443 e. The van der Waals surface area contributed by atoms with Crippen molar-refractivity contribution in [1.29, 1.82) is 0 Å². The van der Waals surface area contributed by atoms with E-state index in [0.717, 1.165) is 57.0 Å². The van der Waals surface area contributed by atoms with Gasteiger partial charge in [-0.05, 0) is 39.3 Å². The molecule has 1 saturated heterocycles. The highest BCUT2D eigenvalue weighted by atomic mass is 16.5. The molecule has 1 aliphatic rings. The zero-order valence-electron chi connectivity index (χ0n) is 10.8. The van der Waals surface area contributed by atoms with Crippen molar-refractivity contribution in [3.63, 3.8) is 0 Å². The molecule has 1 aromatic rings. The third kappa shape index (κ3) is 3.07. The van der Waals surface area contributed by atoms with Crippen molar-refractivity contribution in [2.75, 3.05) is 19.7 Å². The fourth-order valence-electron chi connectivity index (χ4n) is 2.19. The molecule has 1 unspecified atom stereocenters. The van der Waals surface area contributed by atoms with Crippen molar-refractivity contribution >= 4 is 0 Å². The van der Waals surface area contributed by atoms with Crippen LogP contribution in [0.5, 0.6) is 0 Å². The third-order valence-electron chi connectivity index (χ3n) is 3.29. The highest BCUT2D eigenvalue weighted by Gasteiger charge is 2.35. The first-order chi connectivity index (χ1) is 8.24. The molecule has 0 aromatic carbocycles. The van der Waals surface area contributed by atoms with E-state index >= 15 is 0 Å². The predicted octanol–water partition coefficient (Wildman–Crippen LogP) is 2.24. The molecule has 2 heterocycles. The summed E-state index contributed by atoms with van der Waals surface area (Å²) < 4.78 is 11.5. The number of nitrogens with zero attached hydrogens (tertiary/aromatic N) is 1. The van der Waals surface area contributed by atoms with Crippen LogP contribution in [0, 0.1) is 0 Å². The second kappa shape index (κ2) is 5.65. The summed E-state index contributed by atoms with van der Waals surface area (Å²) in [6.45, 7) is 7.06. The summed E-state index contributed by atoms with van der Waals surface area (Å²) in [6, 6.07) is 0. The highest BCUT2D eigenvalue weighted by molar-refractivity contribution is 5.07. The van der Waals surface area contributed by atoms with Crippen LogP contribution in [0.15, 0.2) is 10.6 Å². The van der Waals surface area contributed by atoms with Crippen molar-refractivity contribution < 1.29 is 9.15 Å². The normalized spacial score (nSPS) is 24.4. The molecule has 17 heavy (non-hydrogen) atoms. The second-order valence-electron chi connectivity index (χ2n) is 4.76. The van der Waals surface area contributed by atoms with Crippen molar-refractivity contribution in [3.05, 3.63) is 17.8 Å². The van der Waals surface area contributed by atoms with Crippen LogP contribution in [0.4, 0.5) is 0 Å². The van der Waals surface area contributed by atoms with Gasteiger partial charge in [-0.3, -0.25) is 0 Å². The van der Waals surface area contributed by atoms with Gasteiger partial charge in [-0.15, -0.1) is 0 Å². The maximum atomic E-state index is 5.79. The molecular weight excluding hydrogens is 216 g/mol. The van der Waals surface area contributed by atoms with Crippen LogP contribution in [0.1, 0.15) is 44.8 Å². The van der Waals surface area contributed by atoms with Crippen molar-refractivity contribution in [2.45, 2.75) is 45.1 Å². The fourth-order valence-corrected chi connectivity index (χ4v) is 2.19. The van der Waals surface area contributed by atoms with E-state index in [1.807, 2.05) is 6.20 Å². The number of aromatic nitrogens is 1. The number of oxazole rings is 1. The standard InChI is InChI=1S/C13H22N2O2/c1-3-14-8-4-6-12-15-10-11(17-12)13(2)7-5-9-16-13/h10,14H,3-9H2,1-2H3. The Morgan fingerprint density at radius 1 is 1.53 bits per heavy atom. The molecule has 0 radical (unpaired) electrons. The van der Waals surface area contributed by atoms with Gasteiger partial charge in [0.2, 0.25) is 0 Å². The molecule has 0 amide bonds. The van der Waals surface area contributed by atoms with Crippen LogP contribution in [0.2, 0.25) is 0 Å². The molecule has 96 valence electrons. The Morgan fingerprint density at radius 3 is 3.12 bits per heavy atom. The number of aryl methyl sites for hydroxylation is 1. The zero-order valence-corrected chi connectivity index (χ0v) is 10.8. The van der Waals surface area contributed by atoms with E-state index in [1.165, 1.54) is 0 Å². The highest BCUT2D eigenvalue weighted by Crippen LogP contribution is 2.35. The summed E-state index contributed by atoms with van der Waals surface area (Å²) in [5.74, 6) is 1.71. The van der Waals surface area contributed by atoms with Gasteiger partial charge >= 0.3 is 0 Å². The Balaban J connectivity index is 1.87. The van der Waals surface area contributed by atoms with Gasteiger partial charge in [0.05, 0.1) is 6.20 Å². The summed E-state index contributed by atoms with van der Waals surface area (Å²) in [5.41, 5.74) is -0.243. The quantitative estimate of drug-likeness (QED) is 0.772. The van der Waals surface area contributed by atoms with E-state index in [9.17, 15) is 0 Å². The lowest BCUT2D eigenvalue weighted by atomic mass is 10.0. The first-order valence-corrected chi connectivity index (χ1v) is 6.54. The summed E-state index contributed by atoms with van der Waals surface area (Å²) >= 11 is 0. The molecule has 4 nitrogen and oxygen atoms in total. The second-order valence-corrected chi connectivity index (χ2v) is 4.76. The molecule has 0 saturated carbocycles. The maximum Gasteiger partial charge on any atom is 0.194 e. The minimum absolute atomic E-state index is 0.243.